The third kappa shape index (κ3) is 9.21. The molecule has 2 N–H and O–H groups in total. The number of epoxide rings is 1. The highest BCUT2D eigenvalue weighted by molar-refractivity contribution is 5.66. The molecule has 3 unspecified atom stereocenters. The van der Waals surface area contributed by atoms with Gasteiger partial charge < -0.3 is 14.9 Å². The van der Waals surface area contributed by atoms with Crippen molar-refractivity contribution in [3.63, 3.8) is 0 Å². The number of aliphatic hydroxyl groups is 1. The summed E-state index contributed by atoms with van der Waals surface area (Å²) < 4.78 is 5.54. The molecule has 0 bridgehead atoms. The number of aliphatic carboxylic acids is 1. The van der Waals surface area contributed by atoms with Crippen LogP contribution in [0.2, 0.25) is 0 Å². The molecule has 1 fully saturated rings. The lowest BCUT2D eigenvalue weighted by molar-refractivity contribution is -0.137. The summed E-state index contributed by atoms with van der Waals surface area (Å²) >= 11 is 0. The van der Waals surface area contributed by atoms with Crippen molar-refractivity contribution in [2.24, 2.45) is 0 Å². The molecular weight excluding hydrogens is 280 g/mol. The first-order valence-electron chi connectivity index (χ1n) is 8.87. The molecule has 1 saturated heterocycles. The fraction of sp³-hybridized carbons (Fsp3) is 0.833. The van der Waals surface area contributed by atoms with Crippen molar-refractivity contribution in [1.29, 1.82) is 0 Å². The van der Waals surface area contributed by atoms with Crippen LogP contribution in [0, 0.1) is 0 Å². The normalized spacial score (nSPS) is 22.1. The van der Waals surface area contributed by atoms with E-state index >= 15 is 0 Å². The summed E-state index contributed by atoms with van der Waals surface area (Å²) in [6, 6.07) is 0. The Morgan fingerprint density at radius 1 is 1.14 bits per heavy atom. The Morgan fingerprint density at radius 3 is 2.59 bits per heavy atom. The predicted octanol–water partition coefficient (Wildman–Crippen LogP) is 4.07. The highest BCUT2D eigenvalue weighted by Crippen LogP contribution is 2.31. The molecule has 0 spiro atoms. The van der Waals surface area contributed by atoms with Crippen LogP contribution in [0.4, 0.5) is 0 Å². The summed E-state index contributed by atoms with van der Waals surface area (Å²) in [5, 5.41) is 18.5. The molecule has 1 heterocycles. The minimum absolute atomic E-state index is 0.00515. The molecule has 4 nitrogen and oxygen atoms in total. The second-order valence-corrected chi connectivity index (χ2v) is 6.25. The molecule has 128 valence electrons. The van der Waals surface area contributed by atoms with Crippen molar-refractivity contribution < 1.29 is 19.7 Å². The maximum absolute atomic E-state index is 10.4. The van der Waals surface area contributed by atoms with Gasteiger partial charge in [-0.2, -0.15) is 0 Å². The topological polar surface area (TPSA) is 70.1 Å². The zero-order valence-electron chi connectivity index (χ0n) is 13.9. The first-order valence-corrected chi connectivity index (χ1v) is 8.87. The van der Waals surface area contributed by atoms with Gasteiger partial charge in [0.15, 0.2) is 0 Å². The summed E-state index contributed by atoms with van der Waals surface area (Å²) in [6.07, 6.45) is 14.8. The molecule has 1 rings (SSSR count). The standard InChI is InChI=1S/C18H32O4/c1-2-3-4-6-9-12-15(19)18-16(22-18)13-10-7-5-8-11-14-17(20)21/h9,12,15-16,18-19H,2-8,10-11,13-14H2,1H3,(H,20,21). The Labute approximate surface area is 134 Å². The van der Waals surface area contributed by atoms with E-state index in [1.54, 1.807) is 0 Å². The molecule has 1 aliphatic rings. The van der Waals surface area contributed by atoms with Crippen LogP contribution in [0.1, 0.15) is 77.6 Å². The van der Waals surface area contributed by atoms with Crippen LogP contribution in [-0.2, 0) is 9.53 Å². The summed E-state index contributed by atoms with van der Waals surface area (Å²) in [5.74, 6) is -0.703. The van der Waals surface area contributed by atoms with Gasteiger partial charge in [0.2, 0.25) is 0 Å². The molecule has 0 aromatic carbocycles. The van der Waals surface area contributed by atoms with E-state index < -0.39 is 12.1 Å². The van der Waals surface area contributed by atoms with E-state index in [0.29, 0.717) is 0 Å². The summed E-state index contributed by atoms with van der Waals surface area (Å²) in [4.78, 5) is 10.4. The molecule has 3 atom stereocenters. The Bertz CT molecular complexity index is 327. The zero-order valence-corrected chi connectivity index (χ0v) is 13.9. The minimum atomic E-state index is -0.703. The number of ether oxygens (including phenoxy) is 1. The Kier molecular flexibility index (Phi) is 10.2. The molecule has 0 aliphatic carbocycles. The number of aliphatic hydroxyl groups excluding tert-OH is 1. The number of allylic oxidation sites excluding steroid dienone is 1. The van der Waals surface area contributed by atoms with Crippen molar-refractivity contribution in [2.45, 2.75) is 95.9 Å². The van der Waals surface area contributed by atoms with Crippen LogP contribution in [0.25, 0.3) is 0 Å². The van der Waals surface area contributed by atoms with Crippen molar-refractivity contribution in [2.75, 3.05) is 0 Å². The second-order valence-electron chi connectivity index (χ2n) is 6.25. The van der Waals surface area contributed by atoms with Gasteiger partial charge in [-0.25, -0.2) is 0 Å². The molecule has 0 amide bonds. The zero-order chi connectivity index (χ0) is 16.2. The number of carbonyl (C=O) groups is 1. The van der Waals surface area contributed by atoms with E-state index in [1.807, 2.05) is 6.08 Å². The first kappa shape index (κ1) is 19.2. The van der Waals surface area contributed by atoms with E-state index in [1.165, 1.54) is 19.3 Å². The predicted molar refractivity (Wildman–Crippen MR) is 87.9 cm³/mol. The van der Waals surface area contributed by atoms with Gasteiger partial charge in [-0.1, -0.05) is 57.6 Å². The fourth-order valence-corrected chi connectivity index (χ4v) is 2.70. The number of carboxylic acids is 1. The Balaban J connectivity index is 1.93. The van der Waals surface area contributed by atoms with Crippen LogP contribution in [0.5, 0.6) is 0 Å². The fourth-order valence-electron chi connectivity index (χ4n) is 2.70. The van der Waals surface area contributed by atoms with Crippen LogP contribution in [-0.4, -0.2) is 34.5 Å². The molecule has 0 saturated carbocycles. The molecule has 22 heavy (non-hydrogen) atoms. The molecule has 0 aromatic heterocycles. The van der Waals surface area contributed by atoms with E-state index in [0.717, 1.165) is 44.9 Å². The van der Waals surface area contributed by atoms with Crippen molar-refractivity contribution in [1.82, 2.24) is 0 Å². The third-order valence-corrected chi connectivity index (χ3v) is 4.15. The van der Waals surface area contributed by atoms with Gasteiger partial charge in [0.1, 0.15) is 12.2 Å². The number of unbranched alkanes of at least 4 members (excludes halogenated alkanes) is 7. The molecule has 4 heteroatoms. The van der Waals surface area contributed by atoms with Crippen LogP contribution >= 0.6 is 0 Å². The first-order chi connectivity index (χ1) is 10.6. The Morgan fingerprint density at radius 2 is 1.86 bits per heavy atom. The van der Waals surface area contributed by atoms with E-state index in [9.17, 15) is 9.90 Å². The molecule has 1 aliphatic heterocycles. The van der Waals surface area contributed by atoms with Crippen LogP contribution in [0.3, 0.4) is 0 Å². The highest BCUT2D eigenvalue weighted by atomic mass is 16.6. The number of hydrogen-bond donors (Lipinski definition) is 2. The average molecular weight is 312 g/mol. The number of carboxylic acid groups (broad SMARTS) is 1. The van der Waals surface area contributed by atoms with E-state index in [4.69, 9.17) is 9.84 Å². The van der Waals surface area contributed by atoms with Gasteiger partial charge >= 0.3 is 5.97 Å². The maximum Gasteiger partial charge on any atom is 0.303 e. The van der Waals surface area contributed by atoms with E-state index in [-0.39, 0.29) is 18.6 Å². The molecule has 0 radical (unpaired) electrons. The SMILES string of the molecule is CCCCCC=CC(O)C1OC1CCCCCCCC(=O)O. The van der Waals surface area contributed by atoms with Crippen LogP contribution in [0.15, 0.2) is 12.2 Å². The number of rotatable bonds is 14. The maximum atomic E-state index is 10.4. The lowest BCUT2D eigenvalue weighted by Gasteiger charge is -2.01. The van der Waals surface area contributed by atoms with Gasteiger partial charge in [-0.15, -0.1) is 0 Å². The third-order valence-electron chi connectivity index (χ3n) is 4.15. The van der Waals surface area contributed by atoms with Gasteiger partial charge in [0.25, 0.3) is 0 Å². The smallest absolute Gasteiger partial charge is 0.303 e. The molecule has 0 aromatic rings. The Hall–Kier alpha value is -0.870. The largest absolute Gasteiger partial charge is 0.481 e. The number of hydrogen-bond acceptors (Lipinski definition) is 3. The summed E-state index contributed by atoms with van der Waals surface area (Å²) in [6.45, 7) is 2.19. The average Bonchev–Trinajstić information content (AvgIpc) is 3.25. The lowest BCUT2D eigenvalue weighted by atomic mass is 10.0. The van der Waals surface area contributed by atoms with Gasteiger partial charge in [-0.05, 0) is 25.7 Å². The van der Waals surface area contributed by atoms with Crippen LogP contribution < -0.4 is 0 Å². The van der Waals surface area contributed by atoms with Crippen molar-refractivity contribution in [3.8, 4) is 0 Å². The van der Waals surface area contributed by atoms with Gasteiger partial charge in [0.05, 0.1) is 6.10 Å². The summed E-state index contributed by atoms with van der Waals surface area (Å²) in [7, 11) is 0. The highest BCUT2D eigenvalue weighted by Gasteiger charge is 2.42. The monoisotopic (exact) mass is 312 g/mol. The minimum Gasteiger partial charge on any atom is -0.481 e. The lowest BCUT2D eigenvalue weighted by Crippen LogP contribution is -2.13. The summed E-state index contributed by atoms with van der Waals surface area (Å²) in [5.41, 5.74) is 0. The van der Waals surface area contributed by atoms with Crippen molar-refractivity contribution >= 4 is 5.97 Å². The van der Waals surface area contributed by atoms with E-state index in [2.05, 4.69) is 13.0 Å². The second kappa shape index (κ2) is 11.7. The molecular formula is C18H32O4. The van der Waals surface area contributed by atoms with Gasteiger partial charge in [0, 0.05) is 6.42 Å². The van der Waals surface area contributed by atoms with Crippen molar-refractivity contribution in [3.05, 3.63) is 12.2 Å². The van der Waals surface area contributed by atoms with Gasteiger partial charge in [-0.3, -0.25) is 4.79 Å². The quantitative estimate of drug-likeness (QED) is 0.288.